The van der Waals surface area contributed by atoms with E-state index in [0.29, 0.717) is 23.4 Å². The summed E-state index contributed by atoms with van der Waals surface area (Å²) >= 11 is 0. The van der Waals surface area contributed by atoms with E-state index < -0.39 is 6.10 Å². The zero-order chi connectivity index (χ0) is 20.7. The van der Waals surface area contributed by atoms with Gasteiger partial charge in [0.25, 0.3) is 11.8 Å². The molecular weight excluding hydrogens is 352 g/mol. The Hall–Kier alpha value is -2.82. The van der Waals surface area contributed by atoms with Gasteiger partial charge >= 0.3 is 0 Å². The SMILES string of the molecule is CCc1ccc(O[C@H](CC)C(=O)Nc2ccccc2C(=O)NC(C)(C)C)cc1. The van der Waals surface area contributed by atoms with Gasteiger partial charge in [0.1, 0.15) is 5.75 Å². The van der Waals surface area contributed by atoms with Crippen LogP contribution >= 0.6 is 0 Å². The van der Waals surface area contributed by atoms with E-state index in [1.165, 1.54) is 5.56 Å². The summed E-state index contributed by atoms with van der Waals surface area (Å²) in [4.78, 5) is 25.3. The Morgan fingerprint density at radius 1 is 1.00 bits per heavy atom. The van der Waals surface area contributed by atoms with Crippen LogP contribution in [0.15, 0.2) is 48.5 Å². The lowest BCUT2D eigenvalue weighted by Crippen LogP contribution is -2.41. The van der Waals surface area contributed by atoms with Crippen molar-refractivity contribution in [1.82, 2.24) is 5.32 Å². The third-order valence-electron chi connectivity index (χ3n) is 4.19. The minimum atomic E-state index is -0.647. The first kappa shape index (κ1) is 21.5. The molecule has 0 radical (unpaired) electrons. The van der Waals surface area contributed by atoms with E-state index >= 15 is 0 Å². The summed E-state index contributed by atoms with van der Waals surface area (Å²) in [6.45, 7) is 9.72. The number of aryl methyl sites for hydroxylation is 1. The minimum absolute atomic E-state index is 0.229. The maximum absolute atomic E-state index is 12.8. The Labute approximate surface area is 167 Å². The summed E-state index contributed by atoms with van der Waals surface area (Å²) in [5, 5.41) is 5.77. The maximum Gasteiger partial charge on any atom is 0.265 e. The molecule has 2 rings (SSSR count). The van der Waals surface area contributed by atoms with Crippen molar-refractivity contribution in [3.63, 3.8) is 0 Å². The minimum Gasteiger partial charge on any atom is -0.481 e. The first-order valence-electron chi connectivity index (χ1n) is 9.71. The van der Waals surface area contributed by atoms with Crippen molar-refractivity contribution in [2.45, 2.75) is 59.1 Å². The summed E-state index contributed by atoms with van der Waals surface area (Å²) in [7, 11) is 0. The lowest BCUT2D eigenvalue weighted by molar-refractivity contribution is -0.122. The standard InChI is InChI=1S/C23H30N2O3/c1-6-16-12-14-17(15-13-16)28-20(7-2)22(27)24-19-11-9-8-10-18(19)21(26)25-23(3,4)5/h8-15,20H,6-7H2,1-5H3,(H,24,27)(H,25,26)/t20-/m1/s1. The fourth-order valence-corrected chi connectivity index (χ4v) is 2.70. The van der Waals surface area contributed by atoms with Crippen molar-refractivity contribution in [2.24, 2.45) is 0 Å². The van der Waals surface area contributed by atoms with Crippen LogP contribution in [0.2, 0.25) is 0 Å². The van der Waals surface area contributed by atoms with Gasteiger partial charge in [0, 0.05) is 5.54 Å². The van der Waals surface area contributed by atoms with Gasteiger partial charge in [-0.15, -0.1) is 0 Å². The molecule has 0 aliphatic heterocycles. The highest BCUT2D eigenvalue weighted by Crippen LogP contribution is 2.19. The highest BCUT2D eigenvalue weighted by molar-refractivity contribution is 6.04. The molecule has 2 amide bonds. The van der Waals surface area contributed by atoms with E-state index in [2.05, 4.69) is 17.6 Å². The molecule has 2 aromatic carbocycles. The number of nitrogens with one attached hydrogen (secondary N) is 2. The Morgan fingerprint density at radius 3 is 2.21 bits per heavy atom. The van der Waals surface area contributed by atoms with Crippen molar-refractivity contribution < 1.29 is 14.3 Å². The molecule has 0 heterocycles. The van der Waals surface area contributed by atoms with E-state index in [4.69, 9.17) is 4.74 Å². The molecule has 0 aliphatic rings. The Balaban J connectivity index is 2.12. The van der Waals surface area contributed by atoms with Crippen molar-refractivity contribution in [1.29, 1.82) is 0 Å². The second kappa shape index (κ2) is 9.40. The van der Waals surface area contributed by atoms with Gasteiger partial charge in [-0.3, -0.25) is 9.59 Å². The van der Waals surface area contributed by atoms with Gasteiger partial charge in [-0.2, -0.15) is 0 Å². The Morgan fingerprint density at radius 2 is 1.64 bits per heavy atom. The molecule has 2 N–H and O–H groups in total. The molecule has 2 aromatic rings. The summed E-state index contributed by atoms with van der Waals surface area (Å²) < 4.78 is 5.87. The fraction of sp³-hybridized carbons (Fsp3) is 0.391. The number of hydrogen-bond acceptors (Lipinski definition) is 3. The Bertz CT molecular complexity index is 807. The highest BCUT2D eigenvalue weighted by Gasteiger charge is 2.22. The molecule has 0 aromatic heterocycles. The quantitative estimate of drug-likeness (QED) is 0.737. The number of carbonyl (C=O) groups is 2. The summed E-state index contributed by atoms with van der Waals surface area (Å²) in [5.74, 6) is 0.142. The van der Waals surface area contributed by atoms with Crippen LogP contribution in [0.3, 0.4) is 0 Å². The van der Waals surface area contributed by atoms with Gasteiger partial charge in [-0.25, -0.2) is 0 Å². The molecule has 0 saturated carbocycles. The number of anilines is 1. The monoisotopic (exact) mass is 382 g/mol. The zero-order valence-electron chi connectivity index (χ0n) is 17.3. The topological polar surface area (TPSA) is 67.4 Å². The van der Waals surface area contributed by atoms with E-state index in [1.54, 1.807) is 24.3 Å². The lowest BCUT2D eigenvalue weighted by Gasteiger charge is -2.22. The maximum atomic E-state index is 12.8. The van der Waals surface area contributed by atoms with Crippen LogP contribution in [-0.2, 0) is 11.2 Å². The van der Waals surface area contributed by atoms with Crippen molar-refractivity contribution in [2.75, 3.05) is 5.32 Å². The van der Waals surface area contributed by atoms with Crippen LogP contribution in [0.1, 0.15) is 57.0 Å². The number of hydrogen-bond donors (Lipinski definition) is 2. The number of rotatable bonds is 7. The molecule has 0 unspecified atom stereocenters. The van der Waals surface area contributed by atoms with Gasteiger partial charge < -0.3 is 15.4 Å². The summed E-state index contributed by atoms with van der Waals surface area (Å²) in [6, 6.07) is 14.7. The van der Waals surface area contributed by atoms with Crippen LogP contribution in [0.25, 0.3) is 0 Å². The van der Waals surface area contributed by atoms with Gasteiger partial charge in [0.2, 0.25) is 0 Å². The molecule has 0 aliphatic carbocycles. The van der Waals surface area contributed by atoms with E-state index in [9.17, 15) is 9.59 Å². The molecule has 5 nitrogen and oxygen atoms in total. The first-order valence-corrected chi connectivity index (χ1v) is 9.71. The highest BCUT2D eigenvalue weighted by atomic mass is 16.5. The van der Waals surface area contributed by atoms with Crippen LogP contribution in [0.5, 0.6) is 5.75 Å². The number of amides is 2. The third-order valence-corrected chi connectivity index (χ3v) is 4.19. The van der Waals surface area contributed by atoms with Gasteiger partial charge in [-0.1, -0.05) is 38.1 Å². The average Bonchev–Trinajstić information content (AvgIpc) is 2.65. The number of para-hydroxylation sites is 1. The Kier molecular flexibility index (Phi) is 7.21. The second-order valence-electron chi connectivity index (χ2n) is 7.75. The van der Waals surface area contributed by atoms with Crippen molar-refractivity contribution in [3.05, 3.63) is 59.7 Å². The van der Waals surface area contributed by atoms with E-state index in [-0.39, 0.29) is 17.4 Å². The summed E-state index contributed by atoms with van der Waals surface area (Å²) in [6.07, 6.45) is 0.814. The van der Waals surface area contributed by atoms with Crippen molar-refractivity contribution >= 4 is 17.5 Å². The van der Waals surface area contributed by atoms with E-state index in [1.807, 2.05) is 52.0 Å². The van der Waals surface area contributed by atoms with Crippen LogP contribution in [-0.4, -0.2) is 23.5 Å². The normalized spacial score (nSPS) is 12.2. The molecular formula is C23H30N2O3. The van der Waals surface area contributed by atoms with Gasteiger partial charge in [0.05, 0.1) is 11.3 Å². The second-order valence-corrected chi connectivity index (χ2v) is 7.75. The molecule has 0 fully saturated rings. The van der Waals surface area contributed by atoms with Crippen molar-refractivity contribution in [3.8, 4) is 5.75 Å². The first-order chi connectivity index (χ1) is 13.2. The van der Waals surface area contributed by atoms with Crippen LogP contribution in [0, 0.1) is 0 Å². The van der Waals surface area contributed by atoms with Gasteiger partial charge in [0.15, 0.2) is 6.10 Å². The molecule has 150 valence electrons. The number of carbonyl (C=O) groups excluding carboxylic acids is 2. The van der Waals surface area contributed by atoms with Crippen LogP contribution < -0.4 is 15.4 Å². The van der Waals surface area contributed by atoms with Crippen LogP contribution in [0.4, 0.5) is 5.69 Å². The largest absolute Gasteiger partial charge is 0.481 e. The smallest absolute Gasteiger partial charge is 0.265 e. The zero-order valence-corrected chi connectivity index (χ0v) is 17.3. The molecule has 0 bridgehead atoms. The molecule has 0 spiro atoms. The third kappa shape index (κ3) is 6.12. The number of benzene rings is 2. The fourth-order valence-electron chi connectivity index (χ4n) is 2.70. The number of ether oxygens (including phenoxy) is 1. The molecule has 28 heavy (non-hydrogen) atoms. The predicted molar refractivity (Wildman–Crippen MR) is 113 cm³/mol. The predicted octanol–water partition coefficient (Wildman–Crippen LogP) is 4.57. The average molecular weight is 383 g/mol. The molecule has 0 saturated heterocycles. The molecule has 1 atom stereocenters. The lowest BCUT2D eigenvalue weighted by atomic mass is 10.1. The summed E-state index contributed by atoms with van der Waals surface area (Å²) in [5.41, 5.74) is 1.74. The molecule has 5 heteroatoms. The van der Waals surface area contributed by atoms with E-state index in [0.717, 1.165) is 6.42 Å². The van der Waals surface area contributed by atoms with Gasteiger partial charge in [-0.05, 0) is 63.4 Å².